The van der Waals surface area contributed by atoms with Gasteiger partial charge in [0.1, 0.15) is 11.0 Å². The summed E-state index contributed by atoms with van der Waals surface area (Å²) in [5.41, 5.74) is -6.96. The first kappa shape index (κ1) is 15.8. The molecule has 0 saturated carbocycles. The van der Waals surface area contributed by atoms with E-state index in [0.717, 1.165) is 19.2 Å². The zero-order valence-corrected chi connectivity index (χ0v) is 10.5. The first-order chi connectivity index (χ1) is 9.21. The SMILES string of the molecule is COC(=O)c1ccc([N+](=O)[O-])c(SC(F)(F)F)c1C#N. The summed E-state index contributed by atoms with van der Waals surface area (Å²) in [6.45, 7) is 0. The van der Waals surface area contributed by atoms with E-state index in [1.165, 1.54) is 6.07 Å². The molecule has 0 aromatic heterocycles. The van der Waals surface area contributed by atoms with Gasteiger partial charge in [0.05, 0.1) is 23.2 Å². The fourth-order valence-electron chi connectivity index (χ4n) is 1.33. The number of nitro benzene ring substituents is 1. The van der Waals surface area contributed by atoms with Gasteiger partial charge in [-0.1, -0.05) is 0 Å². The van der Waals surface area contributed by atoms with Gasteiger partial charge >= 0.3 is 11.5 Å². The summed E-state index contributed by atoms with van der Waals surface area (Å²) >= 11 is -0.823. The van der Waals surface area contributed by atoms with Crippen molar-refractivity contribution in [3.05, 3.63) is 33.4 Å². The van der Waals surface area contributed by atoms with Crippen LogP contribution in [0.2, 0.25) is 0 Å². The summed E-state index contributed by atoms with van der Waals surface area (Å²) in [7, 11) is 0.974. The van der Waals surface area contributed by atoms with E-state index in [1.807, 2.05) is 0 Å². The number of hydrogen-bond donors (Lipinski definition) is 0. The smallest absolute Gasteiger partial charge is 0.446 e. The highest BCUT2D eigenvalue weighted by Gasteiger charge is 2.36. The van der Waals surface area contributed by atoms with E-state index < -0.39 is 49.9 Å². The number of nitrogens with zero attached hydrogens (tertiary/aromatic N) is 2. The number of nitro groups is 1. The van der Waals surface area contributed by atoms with E-state index in [2.05, 4.69) is 4.74 Å². The standard InChI is InChI=1S/C10H5F3N2O4S/c1-19-9(16)5-2-3-7(15(17)18)8(6(5)4-14)20-10(11,12)13/h2-3H,1H3. The lowest BCUT2D eigenvalue weighted by Crippen LogP contribution is -2.09. The van der Waals surface area contributed by atoms with Crippen LogP contribution < -0.4 is 0 Å². The molecule has 1 aromatic rings. The Morgan fingerprint density at radius 3 is 2.50 bits per heavy atom. The average Bonchev–Trinajstić information content (AvgIpc) is 2.34. The van der Waals surface area contributed by atoms with Gasteiger partial charge in [-0.15, -0.1) is 0 Å². The lowest BCUT2D eigenvalue weighted by Gasteiger charge is -2.10. The van der Waals surface area contributed by atoms with Crippen LogP contribution in [-0.4, -0.2) is 23.5 Å². The molecule has 0 radical (unpaired) electrons. The van der Waals surface area contributed by atoms with Crippen LogP contribution in [0.15, 0.2) is 17.0 Å². The minimum atomic E-state index is -4.84. The highest BCUT2D eigenvalue weighted by Crippen LogP contribution is 2.43. The average molecular weight is 306 g/mol. The second kappa shape index (κ2) is 5.79. The second-order valence-corrected chi connectivity index (χ2v) is 4.32. The predicted octanol–water partition coefficient (Wildman–Crippen LogP) is 2.86. The largest absolute Gasteiger partial charge is 0.465 e. The highest BCUT2D eigenvalue weighted by atomic mass is 32.2. The van der Waals surface area contributed by atoms with Crippen LogP contribution >= 0.6 is 11.8 Å². The van der Waals surface area contributed by atoms with Gasteiger partial charge in [-0.25, -0.2) is 4.79 Å². The Morgan fingerprint density at radius 2 is 2.10 bits per heavy atom. The van der Waals surface area contributed by atoms with Crippen LogP contribution in [0.25, 0.3) is 0 Å². The van der Waals surface area contributed by atoms with Crippen LogP contribution in [0.5, 0.6) is 0 Å². The molecular weight excluding hydrogens is 301 g/mol. The molecule has 1 rings (SSSR count). The van der Waals surface area contributed by atoms with Gasteiger partial charge in [-0.05, 0) is 17.8 Å². The Morgan fingerprint density at radius 1 is 1.50 bits per heavy atom. The molecule has 0 fully saturated rings. The molecule has 0 aliphatic heterocycles. The molecule has 0 N–H and O–H groups in total. The fraction of sp³-hybridized carbons (Fsp3) is 0.200. The third-order valence-corrected chi connectivity index (χ3v) is 2.92. The molecule has 0 aliphatic rings. The molecule has 0 bridgehead atoms. The van der Waals surface area contributed by atoms with Crippen LogP contribution in [0.3, 0.4) is 0 Å². The summed E-state index contributed by atoms with van der Waals surface area (Å²) < 4.78 is 41.6. The molecular formula is C10H5F3N2O4S. The summed E-state index contributed by atoms with van der Waals surface area (Å²) in [4.78, 5) is 20.1. The Hall–Kier alpha value is -2.28. The molecule has 10 heteroatoms. The quantitative estimate of drug-likeness (QED) is 0.369. The number of esters is 1. The number of carbonyl (C=O) groups excluding carboxylic acids is 1. The third kappa shape index (κ3) is 3.39. The molecule has 6 nitrogen and oxygen atoms in total. The predicted molar refractivity (Wildman–Crippen MR) is 61.1 cm³/mol. The maximum Gasteiger partial charge on any atom is 0.446 e. The van der Waals surface area contributed by atoms with Crippen molar-refractivity contribution in [2.75, 3.05) is 7.11 Å². The van der Waals surface area contributed by atoms with E-state index >= 15 is 0 Å². The van der Waals surface area contributed by atoms with Crippen molar-refractivity contribution in [2.45, 2.75) is 10.4 Å². The van der Waals surface area contributed by atoms with Crippen molar-refractivity contribution in [3.63, 3.8) is 0 Å². The van der Waals surface area contributed by atoms with Gasteiger partial charge in [0.15, 0.2) is 0 Å². The Balaban J connectivity index is 3.60. The number of alkyl halides is 3. The number of benzene rings is 1. The van der Waals surface area contributed by atoms with E-state index in [-0.39, 0.29) is 0 Å². The van der Waals surface area contributed by atoms with E-state index in [0.29, 0.717) is 0 Å². The van der Waals surface area contributed by atoms with Crippen molar-refractivity contribution >= 4 is 23.4 Å². The zero-order chi connectivity index (χ0) is 15.5. The van der Waals surface area contributed by atoms with Crippen LogP contribution in [0.4, 0.5) is 18.9 Å². The zero-order valence-electron chi connectivity index (χ0n) is 9.72. The van der Waals surface area contributed by atoms with Gasteiger partial charge in [0, 0.05) is 6.07 Å². The minimum Gasteiger partial charge on any atom is -0.465 e. The summed E-state index contributed by atoms with van der Waals surface area (Å²) in [6, 6.07) is 2.97. The number of hydrogen-bond acceptors (Lipinski definition) is 6. The Bertz CT molecular complexity index is 610. The number of carbonyl (C=O) groups is 1. The lowest BCUT2D eigenvalue weighted by atomic mass is 10.1. The molecule has 0 amide bonds. The van der Waals surface area contributed by atoms with Gasteiger partial charge in [0.2, 0.25) is 0 Å². The number of nitriles is 1. The second-order valence-electron chi connectivity index (χ2n) is 3.24. The van der Waals surface area contributed by atoms with Crippen LogP contribution in [-0.2, 0) is 4.74 Å². The number of thioether (sulfide) groups is 1. The van der Waals surface area contributed by atoms with Gasteiger partial charge < -0.3 is 4.74 Å². The summed E-state index contributed by atoms with van der Waals surface area (Å²) in [6.07, 6.45) is 0. The maximum atomic E-state index is 12.4. The van der Waals surface area contributed by atoms with Crippen molar-refractivity contribution in [3.8, 4) is 6.07 Å². The Labute approximate surface area is 114 Å². The normalized spacial score (nSPS) is 10.8. The molecule has 0 unspecified atom stereocenters. The molecule has 1 aromatic carbocycles. The van der Waals surface area contributed by atoms with Crippen LogP contribution in [0, 0.1) is 21.4 Å². The van der Waals surface area contributed by atoms with Gasteiger partial charge in [0.25, 0.3) is 5.69 Å². The minimum absolute atomic E-state index is 0.465. The number of halogens is 3. The maximum absolute atomic E-state index is 12.4. The van der Waals surface area contributed by atoms with E-state index in [4.69, 9.17) is 5.26 Å². The van der Waals surface area contributed by atoms with Gasteiger partial charge in [-0.3, -0.25) is 10.1 Å². The summed E-state index contributed by atoms with van der Waals surface area (Å²) in [5.74, 6) is -1.06. The molecule has 0 atom stereocenters. The monoisotopic (exact) mass is 306 g/mol. The van der Waals surface area contributed by atoms with E-state index in [1.54, 1.807) is 0 Å². The topological polar surface area (TPSA) is 93.2 Å². The van der Waals surface area contributed by atoms with Crippen molar-refractivity contribution in [2.24, 2.45) is 0 Å². The first-order valence-electron chi connectivity index (χ1n) is 4.76. The van der Waals surface area contributed by atoms with Crippen molar-refractivity contribution in [1.82, 2.24) is 0 Å². The molecule has 0 aliphatic carbocycles. The number of ether oxygens (including phenoxy) is 1. The molecule has 0 heterocycles. The fourth-order valence-corrected chi connectivity index (χ4v) is 2.06. The van der Waals surface area contributed by atoms with Crippen LogP contribution in [0.1, 0.15) is 15.9 Å². The van der Waals surface area contributed by atoms with E-state index in [9.17, 15) is 28.1 Å². The van der Waals surface area contributed by atoms with Crippen molar-refractivity contribution in [1.29, 1.82) is 5.26 Å². The lowest BCUT2D eigenvalue weighted by molar-refractivity contribution is -0.387. The molecule has 0 spiro atoms. The highest BCUT2D eigenvalue weighted by molar-refractivity contribution is 8.00. The van der Waals surface area contributed by atoms with Crippen molar-refractivity contribution < 1.29 is 27.6 Å². The van der Waals surface area contributed by atoms with Gasteiger partial charge in [-0.2, -0.15) is 18.4 Å². The first-order valence-corrected chi connectivity index (χ1v) is 5.58. The third-order valence-electron chi connectivity index (χ3n) is 2.07. The summed E-state index contributed by atoms with van der Waals surface area (Å²) in [5, 5.41) is 19.6. The number of methoxy groups -OCH3 is 1. The molecule has 106 valence electrons. The molecule has 0 saturated heterocycles. The molecule has 20 heavy (non-hydrogen) atoms. The Kier molecular flexibility index (Phi) is 4.57. The number of rotatable bonds is 3.